The van der Waals surface area contributed by atoms with Gasteiger partial charge in [0, 0.05) is 19.4 Å². The highest BCUT2D eigenvalue weighted by Gasteiger charge is 2.18. The quantitative estimate of drug-likeness (QED) is 0.0345. The largest absolute Gasteiger partial charge is 0.462 e. The van der Waals surface area contributed by atoms with Crippen molar-refractivity contribution < 1.29 is 23.8 Å². The van der Waals surface area contributed by atoms with Gasteiger partial charge in [-0.2, -0.15) is 0 Å². The summed E-state index contributed by atoms with van der Waals surface area (Å²) in [6, 6.07) is 0. The maximum Gasteiger partial charge on any atom is 0.306 e. The van der Waals surface area contributed by atoms with Gasteiger partial charge in [0.25, 0.3) is 0 Å². The molecule has 0 aromatic heterocycles. The molecule has 0 bridgehead atoms. The minimum atomic E-state index is -0.546. The lowest BCUT2D eigenvalue weighted by Crippen LogP contribution is -2.30. The van der Waals surface area contributed by atoms with Gasteiger partial charge in [-0.3, -0.25) is 9.59 Å². The van der Waals surface area contributed by atoms with Gasteiger partial charge in [-0.1, -0.05) is 313 Å². The molecule has 5 heteroatoms. The predicted molar refractivity (Wildman–Crippen MR) is 316 cm³/mol. The van der Waals surface area contributed by atoms with Crippen molar-refractivity contribution >= 4 is 11.9 Å². The molecule has 422 valence electrons. The Morgan fingerprint density at radius 3 is 0.958 bits per heavy atom. The Bertz CT molecular complexity index is 1190. The van der Waals surface area contributed by atoms with E-state index in [2.05, 4.69) is 69.4 Å². The van der Waals surface area contributed by atoms with Gasteiger partial charge in [0.1, 0.15) is 6.61 Å². The lowest BCUT2D eigenvalue weighted by molar-refractivity contribution is -0.163. The van der Waals surface area contributed by atoms with Crippen LogP contribution in [-0.4, -0.2) is 37.9 Å². The van der Waals surface area contributed by atoms with Crippen LogP contribution in [0.1, 0.15) is 342 Å². The predicted octanol–water partition coefficient (Wildman–Crippen LogP) is 22.2. The van der Waals surface area contributed by atoms with Gasteiger partial charge in [-0.15, -0.1) is 0 Å². The second-order valence-corrected chi connectivity index (χ2v) is 21.7. The van der Waals surface area contributed by atoms with Crippen LogP contribution in [0.2, 0.25) is 0 Å². The molecular weight excluding hydrogens is 885 g/mol. The number of carbonyl (C=O) groups excluding carboxylic acids is 2. The second kappa shape index (κ2) is 63.2. The molecule has 0 rings (SSSR count). The van der Waals surface area contributed by atoms with E-state index < -0.39 is 6.10 Å². The molecule has 0 aliphatic carbocycles. The highest BCUT2D eigenvalue weighted by molar-refractivity contribution is 5.70. The first-order valence-corrected chi connectivity index (χ1v) is 32.2. The molecule has 0 radical (unpaired) electrons. The minimum Gasteiger partial charge on any atom is -0.462 e. The zero-order chi connectivity index (χ0) is 52.0. The Kier molecular flexibility index (Phi) is 61.3. The molecule has 72 heavy (non-hydrogen) atoms. The molecule has 0 aliphatic rings. The Morgan fingerprint density at radius 2 is 0.583 bits per heavy atom. The molecular formula is C67H124O5. The summed E-state index contributed by atoms with van der Waals surface area (Å²) in [6.07, 6.45) is 80.1. The third kappa shape index (κ3) is 60.4. The van der Waals surface area contributed by atoms with Crippen LogP contribution in [-0.2, 0) is 23.8 Å². The van der Waals surface area contributed by atoms with Crippen LogP contribution in [0, 0.1) is 0 Å². The Balaban J connectivity index is 4.27. The smallest absolute Gasteiger partial charge is 0.306 e. The molecule has 0 heterocycles. The van der Waals surface area contributed by atoms with Gasteiger partial charge in [-0.05, 0) is 64.2 Å². The van der Waals surface area contributed by atoms with E-state index in [1.165, 1.54) is 244 Å². The lowest BCUT2D eigenvalue weighted by atomic mass is 10.0. The van der Waals surface area contributed by atoms with E-state index in [4.69, 9.17) is 14.2 Å². The van der Waals surface area contributed by atoms with Crippen LogP contribution in [0.4, 0.5) is 0 Å². The zero-order valence-electron chi connectivity index (χ0n) is 48.7. The van der Waals surface area contributed by atoms with E-state index in [0.29, 0.717) is 19.4 Å². The molecule has 0 aliphatic heterocycles. The molecule has 0 spiro atoms. The molecule has 0 unspecified atom stereocenters. The molecule has 0 saturated carbocycles. The van der Waals surface area contributed by atoms with Crippen molar-refractivity contribution in [2.75, 3.05) is 19.8 Å². The monoisotopic (exact) mass is 1010 g/mol. The number of unbranched alkanes of at least 4 members (excludes halogenated alkanes) is 41. The minimum absolute atomic E-state index is 0.0745. The summed E-state index contributed by atoms with van der Waals surface area (Å²) >= 11 is 0. The fraction of sp³-hybridized carbons (Fsp3) is 0.851. The third-order valence-electron chi connectivity index (χ3n) is 14.4. The van der Waals surface area contributed by atoms with Gasteiger partial charge in [0.2, 0.25) is 0 Å². The van der Waals surface area contributed by atoms with E-state index in [9.17, 15) is 9.59 Å². The summed E-state index contributed by atoms with van der Waals surface area (Å²) in [5.74, 6) is -0.410. The normalized spacial score (nSPS) is 12.4. The number of allylic oxidation sites excluding steroid dienone is 8. The Morgan fingerprint density at radius 1 is 0.306 bits per heavy atom. The van der Waals surface area contributed by atoms with Crippen molar-refractivity contribution in [2.24, 2.45) is 0 Å². The highest BCUT2D eigenvalue weighted by atomic mass is 16.6. The van der Waals surface area contributed by atoms with E-state index >= 15 is 0 Å². The average Bonchev–Trinajstić information content (AvgIpc) is 3.38. The number of hydrogen-bond donors (Lipinski definition) is 0. The van der Waals surface area contributed by atoms with E-state index in [0.717, 1.165) is 64.2 Å². The first-order chi connectivity index (χ1) is 35.6. The maximum absolute atomic E-state index is 12.9. The SMILES string of the molecule is CCCCC/C=C\C/C=C\C/C=C\C/C=C\CCCCCC(=O)OC[C@@H](COCCCCCCCCCCCCCCCCCC)OC(=O)CCCCCCCCCCCCCCCCCCCCCCC. The number of hydrogen-bond acceptors (Lipinski definition) is 5. The van der Waals surface area contributed by atoms with Crippen molar-refractivity contribution in [3.05, 3.63) is 48.6 Å². The molecule has 5 nitrogen and oxygen atoms in total. The van der Waals surface area contributed by atoms with E-state index in [1.54, 1.807) is 0 Å². The number of ether oxygens (including phenoxy) is 3. The van der Waals surface area contributed by atoms with Crippen LogP contribution in [0.25, 0.3) is 0 Å². The van der Waals surface area contributed by atoms with Crippen molar-refractivity contribution in [1.82, 2.24) is 0 Å². The topological polar surface area (TPSA) is 61.8 Å². The van der Waals surface area contributed by atoms with E-state index in [1.807, 2.05) is 0 Å². The van der Waals surface area contributed by atoms with Crippen LogP contribution in [0.3, 0.4) is 0 Å². The van der Waals surface area contributed by atoms with Gasteiger partial charge in [-0.25, -0.2) is 0 Å². The second-order valence-electron chi connectivity index (χ2n) is 21.7. The molecule has 0 aromatic rings. The average molecular weight is 1010 g/mol. The maximum atomic E-state index is 12.9. The summed E-state index contributed by atoms with van der Waals surface area (Å²) in [5, 5.41) is 0. The summed E-state index contributed by atoms with van der Waals surface area (Å²) in [6.45, 7) is 7.85. The van der Waals surface area contributed by atoms with Crippen LogP contribution in [0.5, 0.6) is 0 Å². The van der Waals surface area contributed by atoms with Gasteiger partial charge < -0.3 is 14.2 Å². The van der Waals surface area contributed by atoms with Crippen LogP contribution < -0.4 is 0 Å². The number of rotatable bonds is 60. The van der Waals surface area contributed by atoms with Crippen LogP contribution in [0.15, 0.2) is 48.6 Å². The van der Waals surface area contributed by atoms with Gasteiger partial charge in [0.15, 0.2) is 6.10 Å². The van der Waals surface area contributed by atoms with Crippen LogP contribution >= 0.6 is 0 Å². The fourth-order valence-corrected chi connectivity index (χ4v) is 9.56. The lowest BCUT2D eigenvalue weighted by Gasteiger charge is -2.18. The fourth-order valence-electron chi connectivity index (χ4n) is 9.56. The molecule has 0 saturated heterocycles. The standard InChI is InChI=1S/C67H124O5/c1-4-7-10-13-16-19-22-25-28-31-33-34-36-38-40-43-46-49-52-55-58-61-67(69)72-65(63-70-62-59-56-53-50-47-44-41-30-27-24-21-18-15-12-9-6-3)64-71-66(68)60-57-54-51-48-45-42-39-37-35-32-29-26-23-20-17-14-11-8-5-2/h17,20,26,29,35,37,42,45,65H,4-16,18-19,21-25,27-28,30-34,36,38-41,43-44,46-64H2,1-3H3/b20-17-,29-26-,37-35-,45-42-/t65-/m1/s1. The molecule has 0 fully saturated rings. The number of carbonyl (C=O) groups is 2. The van der Waals surface area contributed by atoms with Crippen molar-refractivity contribution in [2.45, 2.75) is 348 Å². The van der Waals surface area contributed by atoms with Gasteiger partial charge >= 0.3 is 11.9 Å². The molecule has 0 N–H and O–H groups in total. The summed E-state index contributed by atoms with van der Waals surface area (Å²) in [5.41, 5.74) is 0. The summed E-state index contributed by atoms with van der Waals surface area (Å²) in [7, 11) is 0. The van der Waals surface area contributed by atoms with E-state index in [-0.39, 0.29) is 25.2 Å². The summed E-state index contributed by atoms with van der Waals surface area (Å²) in [4.78, 5) is 25.6. The molecule has 1 atom stereocenters. The number of esters is 2. The van der Waals surface area contributed by atoms with Crippen molar-refractivity contribution in [3.63, 3.8) is 0 Å². The first kappa shape index (κ1) is 69.9. The van der Waals surface area contributed by atoms with Crippen molar-refractivity contribution in [1.29, 1.82) is 0 Å². The first-order valence-electron chi connectivity index (χ1n) is 32.2. The van der Waals surface area contributed by atoms with Gasteiger partial charge in [0.05, 0.1) is 6.61 Å². The Labute approximate surface area is 450 Å². The highest BCUT2D eigenvalue weighted by Crippen LogP contribution is 2.17. The third-order valence-corrected chi connectivity index (χ3v) is 14.4. The molecule has 0 aromatic carbocycles. The molecule has 0 amide bonds. The Hall–Kier alpha value is -2.14. The summed E-state index contributed by atoms with van der Waals surface area (Å²) < 4.78 is 17.5. The zero-order valence-corrected chi connectivity index (χ0v) is 48.7. The van der Waals surface area contributed by atoms with Crippen molar-refractivity contribution in [3.8, 4) is 0 Å².